The molecular formula is C15H20N4O. The summed E-state index contributed by atoms with van der Waals surface area (Å²) in [5.74, 6) is 0.0379. The number of imidazole rings is 1. The second kappa shape index (κ2) is 6.86. The molecule has 106 valence electrons. The predicted octanol–water partition coefficient (Wildman–Crippen LogP) is 1.79. The van der Waals surface area contributed by atoms with E-state index < -0.39 is 0 Å². The first-order chi connectivity index (χ1) is 9.70. The van der Waals surface area contributed by atoms with Crippen LogP contribution in [0.5, 0.6) is 0 Å². The number of benzene rings is 1. The Hall–Kier alpha value is -2.14. The van der Waals surface area contributed by atoms with E-state index in [1.807, 2.05) is 35.9 Å². The number of nitrogens with zero attached hydrogens (tertiary/aromatic N) is 2. The molecule has 3 N–H and O–H groups in total. The molecule has 1 amide bonds. The number of carbonyl (C=O) groups is 1. The maximum atomic E-state index is 11.7. The molecule has 1 heterocycles. The number of hydrogen-bond donors (Lipinski definition) is 2. The fourth-order valence-electron chi connectivity index (χ4n) is 2.03. The van der Waals surface area contributed by atoms with Crippen LogP contribution in [0.2, 0.25) is 0 Å². The topological polar surface area (TPSA) is 72.9 Å². The summed E-state index contributed by atoms with van der Waals surface area (Å²) in [6.45, 7) is 2.52. The summed E-state index contributed by atoms with van der Waals surface area (Å²) in [6.07, 6.45) is 6.58. The van der Waals surface area contributed by atoms with Crippen molar-refractivity contribution in [3.63, 3.8) is 0 Å². The third kappa shape index (κ3) is 3.68. The van der Waals surface area contributed by atoms with Crippen molar-refractivity contribution in [2.75, 3.05) is 6.54 Å². The van der Waals surface area contributed by atoms with Crippen molar-refractivity contribution in [3.05, 3.63) is 48.5 Å². The van der Waals surface area contributed by atoms with Crippen molar-refractivity contribution < 1.29 is 4.79 Å². The first kappa shape index (κ1) is 14.3. The molecule has 0 spiro atoms. The maximum Gasteiger partial charge on any atom is 0.220 e. The third-order valence-electron chi connectivity index (χ3n) is 3.16. The number of nitrogens with two attached hydrogens (primary N) is 1. The van der Waals surface area contributed by atoms with Gasteiger partial charge in [-0.1, -0.05) is 12.1 Å². The molecule has 0 saturated carbocycles. The van der Waals surface area contributed by atoms with Gasteiger partial charge in [-0.2, -0.15) is 0 Å². The molecule has 1 atom stereocenters. The van der Waals surface area contributed by atoms with Gasteiger partial charge in [0.15, 0.2) is 0 Å². The fourth-order valence-corrected chi connectivity index (χ4v) is 2.03. The van der Waals surface area contributed by atoms with Crippen LogP contribution in [0, 0.1) is 0 Å². The molecule has 2 aromatic rings. The van der Waals surface area contributed by atoms with Crippen LogP contribution in [0.3, 0.4) is 0 Å². The van der Waals surface area contributed by atoms with Crippen LogP contribution in [0.25, 0.3) is 5.69 Å². The summed E-state index contributed by atoms with van der Waals surface area (Å²) in [6, 6.07) is 8.02. The Morgan fingerprint density at radius 2 is 2.35 bits per heavy atom. The van der Waals surface area contributed by atoms with Gasteiger partial charge >= 0.3 is 0 Å². The van der Waals surface area contributed by atoms with Gasteiger partial charge in [0.25, 0.3) is 0 Å². The summed E-state index contributed by atoms with van der Waals surface area (Å²) in [7, 11) is 0. The Morgan fingerprint density at radius 1 is 1.50 bits per heavy atom. The summed E-state index contributed by atoms with van der Waals surface area (Å²) < 4.78 is 1.94. The van der Waals surface area contributed by atoms with Crippen LogP contribution in [0.15, 0.2) is 43.0 Å². The lowest BCUT2D eigenvalue weighted by Gasteiger charge is -2.15. The molecule has 5 nitrogen and oxygen atoms in total. The Balaban J connectivity index is 2.05. The Labute approximate surface area is 118 Å². The zero-order valence-electron chi connectivity index (χ0n) is 11.6. The molecule has 0 aliphatic carbocycles. The van der Waals surface area contributed by atoms with Crippen molar-refractivity contribution in [2.45, 2.75) is 25.8 Å². The number of nitrogens with one attached hydrogen (secondary N) is 1. The Bertz CT molecular complexity index is 551. The highest BCUT2D eigenvalue weighted by molar-refractivity contribution is 5.76. The largest absolute Gasteiger partial charge is 0.350 e. The highest BCUT2D eigenvalue weighted by Crippen LogP contribution is 2.17. The van der Waals surface area contributed by atoms with E-state index in [1.54, 1.807) is 12.5 Å². The van der Waals surface area contributed by atoms with E-state index in [0.29, 0.717) is 19.4 Å². The number of hydrogen-bond acceptors (Lipinski definition) is 3. The van der Waals surface area contributed by atoms with E-state index in [9.17, 15) is 4.79 Å². The highest BCUT2D eigenvalue weighted by Gasteiger charge is 2.09. The zero-order valence-corrected chi connectivity index (χ0v) is 11.6. The van der Waals surface area contributed by atoms with Gasteiger partial charge in [0.2, 0.25) is 5.91 Å². The lowest BCUT2D eigenvalue weighted by atomic mass is 10.1. The Kier molecular flexibility index (Phi) is 4.90. The molecular weight excluding hydrogens is 252 g/mol. The SMILES string of the molecule is CC(NC(=O)CCCN)c1cccc(-n2ccnc2)c1. The number of amides is 1. The molecule has 1 unspecified atom stereocenters. The van der Waals surface area contributed by atoms with Gasteiger partial charge < -0.3 is 15.6 Å². The standard InChI is InChI=1S/C15H20N4O/c1-12(18-15(20)6-3-7-16)13-4-2-5-14(10-13)19-9-8-17-11-19/h2,4-5,8-12H,3,6-7,16H2,1H3,(H,18,20). The smallest absolute Gasteiger partial charge is 0.220 e. The molecule has 0 aliphatic rings. The lowest BCUT2D eigenvalue weighted by molar-refractivity contribution is -0.121. The summed E-state index contributed by atoms with van der Waals surface area (Å²) in [4.78, 5) is 15.8. The van der Waals surface area contributed by atoms with Gasteiger partial charge in [-0.25, -0.2) is 4.98 Å². The Morgan fingerprint density at radius 3 is 3.05 bits per heavy atom. The summed E-state index contributed by atoms with van der Waals surface area (Å²) in [5, 5.41) is 2.98. The summed E-state index contributed by atoms with van der Waals surface area (Å²) >= 11 is 0. The molecule has 1 aromatic heterocycles. The van der Waals surface area contributed by atoms with Crippen molar-refractivity contribution in [1.29, 1.82) is 0 Å². The van der Waals surface area contributed by atoms with E-state index in [0.717, 1.165) is 11.3 Å². The second-order valence-corrected chi connectivity index (χ2v) is 4.75. The van der Waals surface area contributed by atoms with E-state index >= 15 is 0 Å². The highest BCUT2D eigenvalue weighted by atomic mass is 16.1. The molecule has 0 saturated heterocycles. The van der Waals surface area contributed by atoms with Gasteiger partial charge in [-0.15, -0.1) is 0 Å². The average molecular weight is 272 g/mol. The van der Waals surface area contributed by atoms with Crippen LogP contribution < -0.4 is 11.1 Å². The minimum absolute atomic E-state index is 0.0243. The minimum Gasteiger partial charge on any atom is -0.350 e. The second-order valence-electron chi connectivity index (χ2n) is 4.75. The normalized spacial score (nSPS) is 12.1. The van der Waals surface area contributed by atoms with Gasteiger partial charge in [0.05, 0.1) is 12.4 Å². The molecule has 1 aromatic carbocycles. The van der Waals surface area contributed by atoms with Crippen molar-refractivity contribution >= 4 is 5.91 Å². The quantitative estimate of drug-likeness (QED) is 0.842. The molecule has 0 aliphatic heterocycles. The fraction of sp³-hybridized carbons (Fsp3) is 0.333. The van der Waals surface area contributed by atoms with Crippen molar-refractivity contribution in [2.24, 2.45) is 5.73 Å². The van der Waals surface area contributed by atoms with Gasteiger partial charge in [-0.3, -0.25) is 4.79 Å². The van der Waals surface area contributed by atoms with Gasteiger partial charge in [0.1, 0.15) is 0 Å². The molecule has 2 rings (SSSR count). The number of rotatable bonds is 6. The average Bonchev–Trinajstić information content (AvgIpc) is 2.99. The van der Waals surface area contributed by atoms with E-state index in [4.69, 9.17) is 5.73 Å². The third-order valence-corrected chi connectivity index (χ3v) is 3.16. The van der Waals surface area contributed by atoms with Crippen molar-refractivity contribution in [1.82, 2.24) is 14.9 Å². The predicted molar refractivity (Wildman–Crippen MR) is 78.4 cm³/mol. The van der Waals surface area contributed by atoms with Crippen LogP contribution >= 0.6 is 0 Å². The molecule has 0 fully saturated rings. The number of carbonyl (C=O) groups excluding carboxylic acids is 1. The van der Waals surface area contributed by atoms with Crippen LogP contribution in [0.4, 0.5) is 0 Å². The molecule has 0 radical (unpaired) electrons. The monoisotopic (exact) mass is 272 g/mol. The van der Waals surface area contributed by atoms with Crippen LogP contribution in [0.1, 0.15) is 31.4 Å². The lowest BCUT2D eigenvalue weighted by Crippen LogP contribution is -2.26. The molecule has 0 bridgehead atoms. The number of aromatic nitrogens is 2. The van der Waals surface area contributed by atoms with E-state index in [1.165, 1.54) is 0 Å². The maximum absolute atomic E-state index is 11.7. The zero-order chi connectivity index (χ0) is 14.4. The summed E-state index contributed by atoms with van der Waals surface area (Å²) in [5.41, 5.74) is 7.50. The van der Waals surface area contributed by atoms with Gasteiger partial charge in [0, 0.05) is 24.5 Å². The molecule has 5 heteroatoms. The van der Waals surface area contributed by atoms with E-state index in [2.05, 4.69) is 16.4 Å². The van der Waals surface area contributed by atoms with E-state index in [-0.39, 0.29) is 11.9 Å². The first-order valence-corrected chi connectivity index (χ1v) is 6.78. The van der Waals surface area contributed by atoms with Gasteiger partial charge in [-0.05, 0) is 37.6 Å². The molecule has 20 heavy (non-hydrogen) atoms. The first-order valence-electron chi connectivity index (χ1n) is 6.78. The van der Waals surface area contributed by atoms with Crippen LogP contribution in [-0.4, -0.2) is 22.0 Å². The van der Waals surface area contributed by atoms with Crippen LogP contribution in [-0.2, 0) is 4.79 Å². The van der Waals surface area contributed by atoms with Crippen molar-refractivity contribution in [3.8, 4) is 5.69 Å². The minimum atomic E-state index is -0.0243.